The Morgan fingerprint density at radius 1 is 1.14 bits per heavy atom. The summed E-state index contributed by atoms with van der Waals surface area (Å²) in [6, 6.07) is 0. The number of hydrogen-bond donors (Lipinski definition) is 0. The van der Waals surface area contributed by atoms with Crippen LogP contribution in [0, 0.1) is 0 Å². The molecular weight excluding hydrogens is 282 g/mol. The number of rotatable bonds is 2. The zero-order valence-corrected chi connectivity index (χ0v) is 13.3. The van der Waals surface area contributed by atoms with E-state index in [1.54, 1.807) is 11.3 Å². The quantitative estimate of drug-likeness (QED) is 0.856. The maximum absolute atomic E-state index is 13.0. The van der Waals surface area contributed by atoms with Crippen LogP contribution in [0.2, 0.25) is 0 Å². The third-order valence-corrected chi connectivity index (χ3v) is 5.95. The van der Waals surface area contributed by atoms with Crippen molar-refractivity contribution in [1.82, 2.24) is 9.55 Å². The van der Waals surface area contributed by atoms with Crippen molar-refractivity contribution in [1.29, 1.82) is 0 Å². The first-order valence-corrected chi connectivity index (χ1v) is 8.91. The first kappa shape index (κ1) is 13.3. The van der Waals surface area contributed by atoms with Gasteiger partial charge in [-0.2, -0.15) is 0 Å². The first-order chi connectivity index (χ1) is 10.3. The van der Waals surface area contributed by atoms with E-state index in [-0.39, 0.29) is 5.56 Å². The molecule has 21 heavy (non-hydrogen) atoms. The van der Waals surface area contributed by atoms with Gasteiger partial charge in [-0.05, 0) is 51.0 Å². The minimum Gasteiger partial charge on any atom is -0.342 e. The Kier molecular flexibility index (Phi) is 3.25. The average molecular weight is 303 g/mol. The van der Waals surface area contributed by atoms with E-state index in [4.69, 9.17) is 4.98 Å². The molecule has 0 radical (unpaired) electrons. The third-order valence-electron chi connectivity index (χ3n) is 4.76. The molecule has 1 aliphatic heterocycles. The lowest BCUT2D eigenvalue weighted by molar-refractivity contribution is 0.685. The Labute approximate surface area is 128 Å². The molecule has 2 aromatic rings. The number of nitrogens with zero attached hydrogens (tertiary/aromatic N) is 3. The van der Waals surface area contributed by atoms with Gasteiger partial charge in [0.25, 0.3) is 5.56 Å². The fourth-order valence-corrected chi connectivity index (χ4v) is 4.92. The van der Waals surface area contributed by atoms with Crippen LogP contribution in [0.3, 0.4) is 0 Å². The second-order valence-electron chi connectivity index (χ2n) is 6.05. The molecule has 0 spiro atoms. The number of anilines is 1. The third kappa shape index (κ3) is 2.01. The molecular formula is C16H21N3OS. The Morgan fingerprint density at radius 3 is 2.67 bits per heavy atom. The van der Waals surface area contributed by atoms with E-state index in [1.165, 1.54) is 36.1 Å². The Bertz CT molecular complexity index is 740. The van der Waals surface area contributed by atoms with Gasteiger partial charge < -0.3 is 4.90 Å². The molecule has 0 N–H and O–H groups in total. The lowest BCUT2D eigenvalue weighted by Gasteiger charge is -2.20. The molecule has 5 heteroatoms. The number of aromatic nitrogens is 2. The summed E-state index contributed by atoms with van der Waals surface area (Å²) < 4.78 is 1.88. The number of hydrogen-bond acceptors (Lipinski definition) is 4. The molecule has 0 bridgehead atoms. The van der Waals surface area contributed by atoms with Crippen molar-refractivity contribution in [2.45, 2.75) is 52.0 Å². The standard InChI is InChI=1S/C16H21N3OS/c1-2-19-15(20)13-11-7-3-4-8-12(11)21-14(13)17-16(19)18-9-5-6-10-18/h2-10H2,1H3. The first-order valence-electron chi connectivity index (χ1n) is 8.09. The smallest absolute Gasteiger partial charge is 0.263 e. The molecule has 0 aromatic carbocycles. The summed E-state index contributed by atoms with van der Waals surface area (Å²) in [5, 5.41) is 0.916. The van der Waals surface area contributed by atoms with Gasteiger partial charge in [0.1, 0.15) is 4.83 Å². The maximum Gasteiger partial charge on any atom is 0.263 e. The van der Waals surface area contributed by atoms with E-state index in [9.17, 15) is 4.79 Å². The SMILES string of the molecule is CCn1c(N2CCCC2)nc2sc3c(c2c1=O)CCCC3. The fraction of sp³-hybridized carbons (Fsp3) is 0.625. The van der Waals surface area contributed by atoms with E-state index >= 15 is 0 Å². The normalized spacial score (nSPS) is 18.4. The molecule has 112 valence electrons. The van der Waals surface area contributed by atoms with Gasteiger partial charge in [0.05, 0.1) is 5.39 Å². The summed E-state index contributed by atoms with van der Waals surface area (Å²) in [4.78, 5) is 22.5. The van der Waals surface area contributed by atoms with Gasteiger partial charge in [-0.15, -0.1) is 11.3 Å². The van der Waals surface area contributed by atoms with E-state index in [2.05, 4.69) is 4.90 Å². The second kappa shape index (κ2) is 5.13. The predicted octanol–water partition coefficient (Wildman–Crippen LogP) is 2.96. The van der Waals surface area contributed by atoms with Gasteiger partial charge in [-0.25, -0.2) is 4.98 Å². The predicted molar refractivity (Wildman–Crippen MR) is 87.6 cm³/mol. The summed E-state index contributed by atoms with van der Waals surface area (Å²) in [5.41, 5.74) is 1.48. The number of thiophene rings is 1. The minimum absolute atomic E-state index is 0.184. The van der Waals surface area contributed by atoms with Crippen molar-refractivity contribution >= 4 is 27.5 Å². The van der Waals surface area contributed by atoms with Gasteiger partial charge in [0.2, 0.25) is 5.95 Å². The highest BCUT2D eigenvalue weighted by molar-refractivity contribution is 7.18. The van der Waals surface area contributed by atoms with Gasteiger partial charge >= 0.3 is 0 Å². The lowest BCUT2D eigenvalue weighted by atomic mass is 9.97. The highest BCUT2D eigenvalue weighted by Crippen LogP contribution is 2.34. The summed E-state index contributed by atoms with van der Waals surface area (Å²) in [6.07, 6.45) is 7.05. The average Bonchev–Trinajstić information content (AvgIpc) is 3.14. The van der Waals surface area contributed by atoms with E-state index in [0.717, 1.165) is 42.1 Å². The molecule has 0 amide bonds. The summed E-state index contributed by atoms with van der Waals surface area (Å²) in [5.74, 6) is 0.895. The zero-order valence-electron chi connectivity index (χ0n) is 12.5. The van der Waals surface area contributed by atoms with Gasteiger partial charge in [0.15, 0.2) is 0 Å². The Balaban J connectivity index is 1.97. The minimum atomic E-state index is 0.184. The molecule has 0 unspecified atom stereocenters. The van der Waals surface area contributed by atoms with E-state index < -0.39 is 0 Å². The summed E-state index contributed by atoms with van der Waals surface area (Å²) in [7, 11) is 0. The monoisotopic (exact) mass is 303 g/mol. The number of fused-ring (bicyclic) bond motifs is 3. The highest BCUT2D eigenvalue weighted by atomic mass is 32.1. The van der Waals surface area contributed by atoms with Gasteiger partial charge in [0, 0.05) is 24.5 Å². The van der Waals surface area contributed by atoms with Gasteiger partial charge in [-0.3, -0.25) is 9.36 Å². The largest absolute Gasteiger partial charge is 0.342 e. The van der Waals surface area contributed by atoms with Gasteiger partial charge in [-0.1, -0.05) is 0 Å². The van der Waals surface area contributed by atoms with Crippen LogP contribution >= 0.6 is 11.3 Å². The van der Waals surface area contributed by atoms with Crippen LogP contribution in [0.5, 0.6) is 0 Å². The molecule has 4 nitrogen and oxygen atoms in total. The van der Waals surface area contributed by atoms with E-state index in [0.29, 0.717) is 6.54 Å². The molecule has 2 aliphatic rings. The van der Waals surface area contributed by atoms with Crippen LogP contribution in [0.4, 0.5) is 5.95 Å². The van der Waals surface area contributed by atoms with Crippen molar-refractivity contribution in [2.24, 2.45) is 0 Å². The molecule has 1 fully saturated rings. The Hall–Kier alpha value is -1.36. The van der Waals surface area contributed by atoms with Crippen molar-refractivity contribution < 1.29 is 0 Å². The summed E-state index contributed by atoms with van der Waals surface area (Å²) >= 11 is 1.75. The lowest BCUT2D eigenvalue weighted by Crippen LogP contribution is -2.30. The molecule has 4 rings (SSSR count). The van der Waals surface area contributed by atoms with Crippen LogP contribution in [-0.2, 0) is 19.4 Å². The molecule has 3 heterocycles. The number of aryl methyl sites for hydroxylation is 2. The molecule has 0 atom stereocenters. The molecule has 0 saturated carbocycles. The molecule has 2 aromatic heterocycles. The van der Waals surface area contributed by atoms with Crippen LogP contribution in [0.15, 0.2) is 4.79 Å². The maximum atomic E-state index is 13.0. The van der Waals surface area contributed by atoms with Crippen LogP contribution < -0.4 is 10.5 Å². The van der Waals surface area contributed by atoms with Crippen molar-refractivity contribution in [3.8, 4) is 0 Å². The van der Waals surface area contributed by atoms with Crippen LogP contribution in [0.1, 0.15) is 43.0 Å². The van der Waals surface area contributed by atoms with Crippen LogP contribution in [-0.4, -0.2) is 22.6 Å². The van der Waals surface area contributed by atoms with E-state index in [1.807, 2.05) is 11.5 Å². The Morgan fingerprint density at radius 2 is 1.90 bits per heavy atom. The van der Waals surface area contributed by atoms with Crippen LogP contribution in [0.25, 0.3) is 10.2 Å². The fourth-order valence-electron chi connectivity index (χ4n) is 3.67. The van der Waals surface area contributed by atoms with Crippen molar-refractivity contribution in [2.75, 3.05) is 18.0 Å². The molecule has 1 aliphatic carbocycles. The molecule has 1 saturated heterocycles. The van der Waals surface area contributed by atoms with Crippen molar-refractivity contribution in [3.63, 3.8) is 0 Å². The van der Waals surface area contributed by atoms with Crippen molar-refractivity contribution in [3.05, 3.63) is 20.8 Å². The zero-order chi connectivity index (χ0) is 14.4. The highest BCUT2D eigenvalue weighted by Gasteiger charge is 2.24. The summed E-state index contributed by atoms with van der Waals surface area (Å²) in [6.45, 7) is 4.82. The topological polar surface area (TPSA) is 38.1 Å². The second-order valence-corrected chi connectivity index (χ2v) is 7.13.